The van der Waals surface area contributed by atoms with Gasteiger partial charge in [0.2, 0.25) is 10.0 Å². The Morgan fingerprint density at radius 3 is 2.48 bits per heavy atom. The number of carbonyl (C=O) groups is 1. The van der Waals surface area contributed by atoms with E-state index in [4.69, 9.17) is 4.74 Å². The molecule has 144 valence electrons. The van der Waals surface area contributed by atoms with E-state index in [1.54, 1.807) is 36.4 Å². The summed E-state index contributed by atoms with van der Waals surface area (Å²) >= 11 is 0. The van der Waals surface area contributed by atoms with Crippen molar-refractivity contribution in [3.63, 3.8) is 0 Å². The lowest BCUT2D eigenvalue weighted by Gasteiger charge is -2.38. The summed E-state index contributed by atoms with van der Waals surface area (Å²) in [6.07, 6.45) is 6.11. The summed E-state index contributed by atoms with van der Waals surface area (Å²) < 4.78 is 33.3. The largest absolute Gasteiger partial charge is 0.469 e. The number of fused-ring (bicyclic) bond motifs is 1. The van der Waals surface area contributed by atoms with E-state index in [9.17, 15) is 13.2 Å². The van der Waals surface area contributed by atoms with Crippen LogP contribution >= 0.6 is 0 Å². The third kappa shape index (κ3) is 3.39. The number of methoxy groups -OCH3 is 1. The van der Waals surface area contributed by atoms with Crippen LogP contribution < -0.4 is 0 Å². The van der Waals surface area contributed by atoms with E-state index in [-0.39, 0.29) is 23.3 Å². The summed E-state index contributed by atoms with van der Waals surface area (Å²) in [5.41, 5.74) is 1.83. The molecule has 0 saturated heterocycles. The highest BCUT2D eigenvalue weighted by atomic mass is 32.2. The number of hydrogen-bond acceptors (Lipinski definition) is 4. The third-order valence-electron chi connectivity index (χ3n) is 5.58. The predicted molar refractivity (Wildman–Crippen MR) is 104 cm³/mol. The van der Waals surface area contributed by atoms with Crippen LogP contribution in [0.5, 0.6) is 0 Å². The highest BCUT2D eigenvalue weighted by molar-refractivity contribution is 7.89. The topological polar surface area (TPSA) is 63.7 Å². The number of hydrogen-bond donors (Lipinski definition) is 0. The van der Waals surface area contributed by atoms with Gasteiger partial charge in [-0.05, 0) is 42.9 Å². The molecule has 1 aromatic rings. The summed E-state index contributed by atoms with van der Waals surface area (Å²) in [7, 11) is -2.44. The van der Waals surface area contributed by atoms with Crippen LogP contribution in [0.2, 0.25) is 0 Å². The van der Waals surface area contributed by atoms with Crippen LogP contribution in [0.3, 0.4) is 0 Å². The Labute approximate surface area is 161 Å². The van der Waals surface area contributed by atoms with E-state index in [1.165, 1.54) is 11.4 Å². The van der Waals surface area contributed by atoms with Gasteiger partial charge in [-0.2, -0.15) is 4.31 Å². The molecule has 0 radical (unpaired) electrons. The third-order valence-corrected chi connectivity index (χ3v) is 7.44. The average molecular weight is 388 g/mol. The highest BCUT2D eigenvalue weighted by Gasteiger charge is 2.53. The van der Waals surface area contributed by atoms with Gasteiger partial charge in [0.15, 0.2) is 0 Å². The zero-order valence-electron chi connectivity index (χ0n) is 15.7. The van der Waals surface area contributed by atoms with Gasteiger partial charge < -0.3 is 4.74 Å². The highest BCUT2D eigenvalue weighted by Crippen LogP contribution is 2.46. The van der Waals surface area contributed by atoms with Gasteiger partial charge in [0.1, 0.15) is 0 Å². The van der Waals surface area contributed by atoms with Gasteiger partial charge in [0.25, 0.3) is 0 Å². The molecule has 0 N–H and O–H groups in total. The number of allylic oxidation sites excluding steroid dienone is 1. The summed E-state index contributed by atoms with van der Waals surface area (Å²) in [5, 5.41) is 0. The Bertz CT molecular complexity index is 885. The molecule has 2 aliphatic rings. The SMILES string of the molecule is C=CC1=C[C@@H]2C[C@H](C=C)[C@@H](C(=O)OC)[C@@H]2N(S(=O)(=O)c2ccc(C)cc2)C1. The predicted octanol–water partition coefficient (Wildman–Crippen LogP) is 3.09. The molecular formula is C21H25NO4S. The first-order chi connectivity index (χ1) is 12.8. The fourth-order valence-corrected chi connectivity index (χ4v) is 5.89. The lowest BCUT2D eigenvalue weighted by molar-refractivity contribution is -0.147. The number of rotatable bonds is 5. The number of benzene rings is 1. The first kappa shape index (κ1) is 19.6. The number of aryl methyl sites for hydroxylation is 1. The molecule has 1 fully saturated rings. The van der Waals surface area contributed by atoms with Crippen LogP contribution in [0, 0.1) is 24.7 Å². The number of sulfonamides is 1. The van der Waals surface area contributed by atoms with Crippen molar-refractivity contribution >= 4 is 16.0 Å². The van der Waals surface area contributed by atoms with E-state index in [2.05, 4.69) is 13.2 Å². The molecule has 5 nitrogen and oxygen atoms in total. The van der Waals surface area contributed by atoms with Crippen molar-refractivity contribution in [2.75, 3.05) is 13.7 Å². The van der Waals surface area contributed by atoms with Crippen molar-refractivity contribution in [2.24, 2.45) is 17.8 Å². The van der Waals surface area contributed by atoms with Gasteiger partial charge in [0.05, 0.1) is 17.9 Å². The molecule has 0 spiro atoms. The van der Waals surface area contributed by atoms with Gasteiger partial charge in [-0.25, -0.2) is 8.42 Å². The van der Waals surface area contributed by atoms with E-state index in [0.717, 1.165) is 11.1 Å². The second kappa shape index (κ2) is 7.44. The first-order valence-electron chi connectivity index (χ1n) is 8.95. The van der Waals surface area contributed by atoms with Crippen molar-refractivity contribution in [3.8, 4) is 0 Å². The Morgan fingerprint density at radius 1 is 1.26 bits per heavy atom. The lowest BCUT2D eigenvalue weighted by atomic mass is 9.90. The number of ether oxygens (including phenoxy) is 1. The molecule has 3 rings (SSSR count). The fourth-order valence-electron chi connectivity index (χ4n) is 4.21. The summed E-state index contributed by atoms with van der Waals surface area (Å²) in [6, 6.07) is 6.28. The summed E-state index contributed by atoms with van der Waals surface area (Å²) in [4.78, 5) is 12.7. The zero-order valence-corrected chi connectivity index (χ0v) is 16.5. The van der Waals surface area contributed by atoms with Crippen LogP contribution in [-0.2, 0) is 19.6 Å². The minimum Gasteiger partial charge on any atom is -0.469 e. The minimum absolute atomic E-state index is 0.0842. The normalized spacial score (nSPS) is 28.1. The molecule has 0 bridgehead atoms. The van der Waals surface area contributed by atoms with E-state index < -0.39 is 28.0 Å². The Morgan fingerprint density at radius 2 is 1.93 bits per heavy atom. The van der Waals surface area contributed by atoms with Crippen LogP contribution in [0.1, 0.15) is 12.0 Å². The molecule has 0 aromatic heterocycles. The second-order valence-electron chi connectivity index (χ2n) is 7.15. The van der Waals surface area contributed by atoms with E-state index in [0.29, 0.717) is 6.42 Å². The molecule has 0 unspecified atom stereocenters. The molecule has 1 aliphatic heterocycles. The van der Waals surface area contributed by atoms with Crippen LogP contribution in [0.4, 0.5) is 0 Å². The average Bonchev–Trinajstić information content (AvgIpc) is 3.05. The molecule has 1 aliphatic carbocycles. The van der Waals surface area contributed by atoms with Gasteiger partial charge in [-0.1, -0.05) is 42.5 Å². The van der Waals surface area contributed by atoms with Crippen molar-refractivity contribution < 1.29 is 17.9 Å². The summed E-state index contributed by atoms with van der Waals surface area (Å²) in [5.74, 6) is -1.19. The van der Waals surface area contributed by atoms with Crippen LogP contribution in [0.25, 0.3) is 0 Å². The van der Waals surface area contributed by atoms with Gasteiger partial charge in [0, 0.05) is 12.6 Å². The second-order valence-corrected chi connectivity index (χ2v) is 9.04. The Hall–Kier alpha value is -2.18. The van der Waals surface area contributed by atoms with Crippen molar-refractivity contribution in [1.82, 2.24) is 4.31 Å². The molecule has 1 heterocycles. The maximum atomic E-state index is 13.4. The standard InChI is InChI=1S/C21H25NO4S/c1-5-15-11-17-12-16(6-2)19(21(23)26-4)20(17)22(13-15)27(24,25)18-9-7-14(3)8-10-18/h5-11,16-17,19-20H,1-2,12-13H2,3-4H3/t16-,17+,19+,20+/m0/s1. The Balaban J connectivity index is 2.10. The zero-order chi connectivity index (χ0) is 19.8. The maximum absolute atomic E-state index is 13.4. The van der Waals surface area contributed by atoms with Gasteiger partial charge >= 0.3 is 5.97 Å². The smallest absolute Gasteiger partial charge is 0.310 e. The first-order valence-corrected chi connectivity index (χ1v) is 10.4. The van der Waals surface area contributed by atoms with Crippen LogP contribution in [-0.4, -0.2) is 38.4 Å². The molecule has 6 heteroatoms. The maximum Gasteiger partial charge on any atom is 0.310 e. The molecule has 4 atom stereocenters. The lowest BCUT2D eigenvalue weighted by Crippen LogP contribution is -2.50. The number of carbonyl (C=O) groups excluding carboxylic acids is 1. The molecular weight excluding hydrogens is 362 g/mol. The number of nitrogens with zero attached hydrogens (tertiary/aromatic N) is 1. The molecule has 1 saturated carbocycles. The quantitative estimate of drug-likeness (QED) is 0.575. The van der Waals surface area contributed by atoms with Gasteiger partial charge in [-0.3, -0.25) is 4.79 Å². The van der Waals surface area contributed by atoms with Crippen molar-refractivity contribution in [2.45, 2.75) is 24.3 Å². The molecule has 27 heavy (non-hydrogen) atoms. The van der Waals surface area contributed by atoms with Crippen molar-refractivity contribution in [1.29, 1.82) is 0 Å². The van der Waals surface area contributed by atoms with Gasteiger partial charge in [-0.15, -0.1) is 6.58 Å². The van der Waals surface area contributed by atoms with E-state index >= 15 is 0 Å². The molecule has 1 aromatic carbocycles. The number of esters is 1. The minimum atomic E-state index is -3.78. The summed E-state index contributed by atoms with van der Waals surface area (Å²) in [6.45, 7) is 9.75. The Kier molecular flexibility index (Phi) is 5.40. The van der Waals surface area contributed by atoms with E-state index in [1.807, 2.05) is 13.0 Å². The molecule has 0 amide bonds. The fraction of sp³-hybridized carbons (Fsp3) is 0.381. The monoisotopic (exact) mass is 387 g/mol. The van der Waals surface area contributed by atoms with Crippen molar-refractivity contribution in [3.05, 3.63) is 66.8 Å². The van der Waals surface area contributed by atoms with Crippen LogP contribution in [0.15, 0.2) is 66.1 Å².